The Hall–Kier alpha value is -2.74. The number of likely N-dealkylation sites (tertiary alicyclic amines) is 1. The molecule has 3 amide bonds. The number of hydrogen-bond acceptors (Lipinski definition) is 5. The van der Waals surface area contributed by atoms with Gasteiger partial charge >= 0.3 is 0 Å². The first-order chi connectivity index (χ1) is 17.0. The molecule has 0 saturated carbocycles. The van der Waals surface area contributed by atoms with Crippen LogP contribution in [-0.2, 0) is 20.9 Å². The monoisotopic (exact) mass is 512 g/mol. The molecule has 36 heavy (non-hydrogen) atoms. The number of thiazole rings is 1. The van der Waals surface area contributed by atoms with Crippen LogP contribution >= 0.6 is 11.3 Å². The second-order valence-corrected chi connectivity index (χ2v) is 12.0. The van der Waals surface area contributed by atoms with E-state index >= 15 is 0 Å². The molecule has 2 N–H and O–H groups in total. The molecule has 2 atom stereocenters. The number of carbonyl (C=O) groups excluding carboxylic acids is 3. The fourth-order valence-corrected chi connectivity index (χ4v) is 5.24. The summed E-state index contributed by atoms with van der Waals surface area (Å²) in [5.41, 5.74) is 4.49. The molecule has 8 heteroatoms. The Balaban J connectivity index is 1.62. The van der Waals surface area contributed by atoms with E-state index in [0.717, 1.165) is 34.5 Å². The van der Waals surface area contributed by atoms with Crippen LogP contribution in [-0.4, -0.2) is 46.2 Å². The van der Waals surface area contributed by atoms with Gasteiger partial charge in [-0.2, -0.15) is 0 Å². The van der Waals surface area contributed by atoms with Gasteiger partial charge in [0.05, 0.1) is 16.1 Å². The summed E-state index contributed by atoms with van der Waals surface area (Å²) in [5.74, 6) is -0.0299. The van der Waals surface area contributed by atoms with Gasteiger partial charge in [-0.1, -0.05) is 58.9 Å². The Morgan fingerprint density at radius 3 is 2.44 bits per heavy atom. The van der Waals surface area contributed by atoms with E-state index in [1.807, 2.05) is 57.5 Å². The molecule has 0 radical (unpaired) electrons. The summed E-state index contributed by atoms with van der Waals surface area (Å²) in [6.45, 7) is 12.9. The van der Waals surface area contributed by atoms with Gasteiger partial charge in [-0.3, -0.25) is 14.4 Å². The second kappa shape index (κ2) is 12.0. The van der Waals surface area contributed by atoms with Crippen LogP contribution in [0.25, 0.3) is 10.4 Å². The van der Waals surface area contributed by atoms with Crippen molar-refractivity contribution < 1.29 is 14.4 Å². The van der Waals surface area contributed by atoms with Crippen molar-refractivity contribution in [1.82, 2.24) is 20.5 Å². The van der Waals surface area contributed by atoms with Crippen molar-refractivity contribution in [1.29, 1.82) is 0 Å². The molecule has 3 rings (SSSR count). The van der Waals surface area contributed by atoms with Crippen LogP contribution in [0.1, 0.15) is 71.6 Å². The van der Waals surface area contributed by atoms with E-state index in [9.17, 15) is 14.4 Å². The first-order valence-corrected chi connectivity index (χ1v) is 13.7. The van der Waals surface area contributed by atoms with E-state index < -0.39 is 17.5 Å². The smallest absolute Gasteiger partial charge is 0.246 e. The zero-order valence-corrected chi connectivity index (χ0v) is 23.2. The standard InChI is InChI=1S/C28H40N4O3S/c1-18(2)9-14-23(33)31-25(28(4,5)6)27(35)32-15-7-8-22(32)26(34)29-16-20-10-12-21(13-11-20)24-19(3)30-17-36-24/h10-13,17-18,22,25H,7-9,14-16H2,1-6H3,(H,29,34)(H,31,33). The molecule has 0 bridgehead atoms. The van der Waals surface area contributed by atoms with Gasteiger partial charge in [-0.05, 0) is 48.6 Å². The Morgan fingerprint density at radius 1 is 1.17 bits per heavy atom. The van der Waals surface area contributed by atoms with Gasteiger partial charge in [-0.25, -0.2) is 4.98 Å². The maximum atomic E-state index is 13.6. The minimum absolute atomic E-state index is 0.117. The summed E-state index contributed by atoms with van der Waals surface area (Å²) in [5, 5.41) is 5.97. The van der Waals surface area contributed by atoms with Crippen molar-refractivity contribution >= 4 is 29.1 Å². The molecule has 1 aliphatic rings. The number of amides is 3. The SMILES string of the molecule is Cc1ncsc1-c1ccc(CNC(=O)C2CCCN2C(=O)C(NC(=O)CCC(C)C)C(C)(C)C)cc1. The summed E-state index contributed by atoms with van der Waals surface area (Å²) in [6.07, 6.45) is 2.56. The molecule has 0 aliphatic carbocycles. The molecule has 196 valence electrons. The van der Waals surface area contributed by atoms with Gasteiger partial charge in [0.2, 0.25) is 17.7 Å². The number of carbonyl (C=O) groups is 3. The lowest BCUT2D eigenvalue weighted by atomic mass is 9.85. The molecule has 1 aliphatic heterocycles. The highest BCUT2D eigenvalue weighted by Gasteiger charge is 2.41. The molecule has 7 nitrogen and oxygen atoms in total. The summed E-state index contributed by atoms with van der Waals surface area (Å²) in [4.78, 5) is 46.3. The van der Waals surface area contributed by atoms with Crippen LogP contribution in [0, 0.1) is 18.3 Å². The van der Waals surface area contributed by atoms with E-state index in [0.29, 0.717) is 31.8 Å². The van der Waals surface area contributed by atoms with Crippen LogP contribution < -0.4 is 10.6 Å². The molecule has 1 saturated heterocycles. The van der Waals surface area contributed by atoms with Crippen molar-refractivity contribution in [2.24, 2.45) is 11.3 Å². The number of nitrogens with one attached hydrogen (secondary N) is 2. The first kappa shape index (κ1) is 27.8. The predicted octanol–water partition coefficient (Wildman–Crippen LogP) is 4.69. The lowest BCUT2D eigenvalue weighted by molar-refractivity contribution is -0.144. The van der Waals surface area contributed by atoms with Crippen molar-refractivity contribution in [3.8, 4) is 10.4 Å². The van der Waals surface area contributed by atoms with Crippen molar-refractivity contribution in [2.75, 3.05) is 6.54 Å². The van der Waals surface area contributed by atoms with Crippen LogP contribution in [0.5, 0.6) is 0 Å². The molecule has 0 spiro atoms. The zero-order chi connectivity index (χ0) is 26.5. The summed E-state index contributed by atoms with van der Waals surface area (Å²) in [6, 6.07) is 6.91. The maximum absolute atomic E-state index is 13.6. The number of aromatic nitrogens is 1. The third-order valence-corrected chi connectivity index (χ3v) is 7.61. The highest BCUT2D eigenvalue weighted by molar-refractivity contribution is 7.13. The first-order valence-electron chi connectivity index (χ1n) is 12.8. The Morgan fingerprint density at radius 2 is 1.86 bits per heavy atom. The van der Waals surface area contributed by atoms with Gasteiger partial charge in [-0.15, -0.1) is 11.3 Å². The van der Waals surface area contributed by atoms with Gasteiger partial charge in [0.1, 0.15) is 12.1 Å². The topological polar surface area (TPSA) is 91.4 Å². The number of nitrogens with zero attached hydrogens (tertiary/aromatic N) is 2. The van der Waals surface area contributed by atoms with Gasteiger partial charge in [0.15, 0.2) is 0 Å². The van der Waals surface area contributed by atoms with E-state index in [1.54, 1.807) is 16.2 Å². The molecule has 1 aromatic carbocycles. The molecule has 2 heterocycles. The second-order valence-electron chi connectivity index (χ2n) is 11.2. The number of aryl methyl sites for hydroxylation is 1. The van der Waals surface area contributed by atoms with Crippen LogP contribution in [0.3, 0.4) is 0 Å². The van der Waals surface area contributed by atoms with Crippen LogP contribution in [0.4, 0.5) is 0 Å². The van der Waals surface area contributed by atoms with Gasteiger partial charge < -0.3 is 15.5 Å². The number of benzene rings is 1. The lowest BCUT2D eigenvalue weighted by Crippen LogP contribution is -2.57. The Kier molecular flexibility index (Phi) is 9.28. The average molecular weight is 513 g/mol. The summed E-state index contributed by atoms with van der Waals surface area (Å²) >= 11 is 1.61. The van der Waals surface area contributed by atoms with E-state index in [2.05, 4.69) is 29.5 Å². The number of hydrogen-bond donors (Lipinski definition) is 2. The predicted molar refractivity (Wildman–Crippen MR) is 144 cm³/mol. The van der Waals surface area contributed by atoms with Crippen LogP contribution in [0.15, 0.2) is 29.8 Å². The highest BCUT2D eigenvalue weighted by atomic mass is 32.1. The fraction of sp³-hybridized carbons (Fsp3) is 0.571. The number of rotatable bonds is 9. The van der Waals surface area contributed by atoms with Gasteiger partial charge in [0, 0.05) is 19.5 Å². The molecule has 2 unspecified atom stereocenters. The molecular weight excluding hydrogens is 472 g/mol. The maximum Gasteiger partial charge on any atom is 0.246 e. The molecule has 1 aromatic heterocycles. The van der Waals surface area contributed by atoms with E-state index in [1.165, 1.54) is 0 Å². The Labute approximate surface area is 219 Å². The average Bonchev–Trinajstić information content (AvgIpc) is 3.48. The third kappa shape index (κ3) is 7.15. The lowest BCUT2D eigenvalue weighted by Gasteiger charge is -2.35. The molecule has 2 aromatic rings. The van der Waals surface area contributed by atoms with E-state index in [-0.39, 0.29) is 17.7 Å². The summed E-state index contributed by atoms with van der Waals surface area (Å²) in [7, 11) is 0. The molecular formula is C28H40N4O3S. The van der Waals surface area contributed by atoms with Crippen molar-refractivity contribution in [3.63, 3.8) is 0 Å². The Bertz CT molecular complexity index is 1060. The van der Waals surface area contributed by atoms with Crippen molar-refractivity contribution in [2.45, 2.75) is 85.9 Å². The van der Waals surface area contributed by atoms with Crippen molar-refractivity contribution in [3.05, 3.63) is 41.0 Å². The largest absolute Gasteiger partial charge is 0.350 e. The minimum Gasteiger partial charge on any atom is -0.350 e. The van der Waals surface area contributed by atoms with Crippen LogP contribution in [0.2, 0.25) is 0 Å². The van der Waals surface area contributed by atoms with Gasteiger partial charge in [0.25, 0.3) is 0 Å². The quantitative estimate of drug-likeness (QED) is 0.510. The molecule has 1 fully saturated rings. The summed E-state index contributed by atoms with van der Waals surface area (Å²) < 4.78 is 0. The zero-order valence-electron chi connectivity index (χ0n) is 22.4. The third-order valence-electron chi connectivity index (χ3n) is 6.63. The van der Waals surface area contributed by atoms with E-state index in [4.69, 9.17) is 0 Å². The minimum atomic E-state index is -0.673. The highest BCUT2D eigenvalue weighted by Crippen LogP contribution is 2.28. The fourth-order valence-electron chi connectivity index (χ4n) is 4.43. The normalized spacial score (nSPS) is 16.8.